The minimum Gasteiger partial charge on any atom is -0.496 e. The van der Waals surface area contributed by atoms with Gasteiger partial charge in [-0.25, -0.2) is 4.98 Å². The maximum atomic E-state index is 10.5. The zero-order valence-electron chi connectivity index (χ0n) is 13.1. The van der Waals surface area contributed by atoms with Gasteiger partial charge in [-0.05, 0) is 37.6 Å². The molecule has 3 aromatic rings. The summed E-state index contributed by atoms with van der Waals surface area (Å²) >= 11 is 0. The summed E-state index contributed by atoms with van der Waals surface area (Å²) in [6.07, 6.45) is 0.0561. The largest absolute Gasteiger partial charge is 0.496 e. The lowest BCUT2D eigenvalue weighted by molar-refractivity contribution is 0.168. The van der Waals surface area contributed by atoms with E-state index in [4.69, 9.17) is 9.72 Å². The van der Waals surface area contributed by atoms with Gasteiger partial charge in [-0.1, -0.05) is 25.1 Å². The number of aliphatic hydroxyl groups excluding tert-OH is 1. The maximum Gasteiger partial charge on any atom is 0.137 e. The summed E-state index contributed by atoms with van der Waals surface area (Å²) in [4.78, 5) is 4.74. The molecule has 2 aromatic heterocycles. The fraction of sp³-hybridized carbons (Fsp3) is 0.278. The number of hydrogen-bond acceptors (Lipinski definition) is 3. The second kappa shape index (κ2) is 5.81. The second-order valence-corrected chi connectivity index (χ2v) is 5.33. The summed E-state index contributed by atoms with van der Waals surface area (Å²) < 4.78 is 7.49. The van der Waals surface area contributed by atoms with Gasteiger partial charge in [-0.2, -0.15) is 0 Å². The first kappa shape index (κ1) is 14.6. The standard InChI is InChI=1S/C18H20N2O2/c1-4-14(21)18-17(13-9-5-6-10-15(13)22-3)19-16-11-7-8-12(2)20(16)18/h5-11,14,21H,4H2,1-3H3. The quantitative estimate of drug-likeness (QED) is 0.797. The van der Waals surface area contributed by atoms with E-state index in [0.717, 1.165) is 34.0 Å². The van der Waals surface area contributed by atoms with Crippen molar-refractivity contribution in [3.63, 3.8) is 0 Å². The Hall–Kier alpha value is -2.33. The molecule has 0 bridgehead atoms. The van der Waals surface area contributed by atoms with Crippen LogP contribution in [0.25, 0.3) is 16.9 Å². The highest BCUT2D eigenvalue weighted by atomic mass is 16.5. The lowest BCUT2D eigenvalue weighted by Gasteiger charge is -2.13. The predicted molar refractivity (Wildman–Crippen MR) is 87.2 cm³/mol. The number of nitrogens with zero attached hydrogens (tertiary/aromatic N) is 2. The van der Waals surface area contributed by atoms with Gasteiger partial charge in [0.2, 0.25) is 0 Å². The number of benzene rings is 1. The second-order valence-electron chi connectivity index (χ2n) is 5.33. The highest BCUT2D eigenvalue weighted by Gasteiger charge is 2.22. The van der Waals surface area contributed by atoms with E-state index >= 15 is 0 Å². The van der Waals surface area contributed by atoms with Gasteiger partial charge in [0.25, 0.3) is 0 Å². The van der Waals surface area contributed by atoms with E-state index < -0.39 is 6.10 Å². The number of ether oxygens (including phenoxy) is 1. The molecule has 1 atom stereocenters. The van der Waals surface area contributed by atoms with Crippen molar-refractivity contribution in [2.75, 3.05) is 7.11 Å². The Balaban J connectivity index is 2.36. The molecule has 2 heterocycles. The molecule has 1 N–H and O–H groups in total. The van der Waals surface area contributed by atoms with Gasteiger partial charge < -0.3 is 9.84 Å². The highest BCUT2D eigenvalue weighted by Crippen LogP contribution is 2.36. The van der Waals surface area contributed by atoms with Crippen molar-refractivity contribution in [3.05, 3.63) is 53.9 Å². The van der Waals surface area contributed by atoms with Crippen LogP contribution in [-0.2, 0) is 0 Å². The fourth-order valence-corrected chi connectivity index (χ4v) is 2.82. The number of fused-ring (bicyclic) bond motifs is 1. The zero-order valence-corrected chi connectivity index (χ0v) is 13.1. The lowest BCUT2D eigenvalue weighted by atomic mass is 10.0. The van der Waals surface area contributed by atoms with Gasteiger partial charge in [0.1, 0.15) is 11.4 Å². The molecule has 0 spiro atoms. The molecule has 3 rings (SSSR count). The van der Waals surface area contributed by atoms with Crippen LogP contribution in [0.4, 0.5) is 0 Å². The minimum atomic E-state index is -0.573. The molecule has 0 saturated heterocycles. The highest BCUT2D eigenvalue weighted by molar-refractivity contribution is 5.72. The predicted octanol–water partition coefficient (Wildman–Crippen LogP) is 3.76. The van der Waals surface area contributed by atoms with E-state index in [1.54, 1.807) is 7.11 Å². The third-order valence-corrected chi connectivity index (χ3v) is 3.94. The van der Waals surface area contributed by atoms with Crippen LogP contribution in [0.1, 0.15) is 30.8 Å². The van der Waals surface area contributed by atoms with E-state index in [2.05, 4.69) is 0 Å². The Morgan fingerprint density at radius 3 is 2.68 bits per heavy atom. The van der Waals surface area contributed by atoms with Gasteiger partial charge in [-0.15, -0.1) is 0 Å². The molecule has 0 aliphatic heterocycles. The normalized spacial score (nSPS) is 12.5. The monoisotopic (exact) mass is 296 g/mol. The number of pyridine rings is 1. The lowest BCUT2D eigenvalue weighted by Crippen LogP contribution is -2.04. The smallest absolute Gasteiger partial charge is 0.137 e. The first-order valence-corrected chi connectivity index (χ1v) is 7.46. The summed E-state index contributed by atoms with van der Waals surface area (Å²) in [5.74, 6) is 0.758. The van der Waals surface area contributed by atoms with Crippen molar-refractivity contribution in [2.24, 2.45) is 0 Å². The van der Waals surface area contributed by atoms with Crippen molar-refractivity contribution in [1.29, 1.82) is 0 Å². The van der Waals surface area contributed by atoms with Crippen LogP contribution in [-0.4, -0.2) is 21.6 Å². The SMILES string of the molecule is CCC(O)c1c(-c2ccccc2OC)nc2cccc(C)n12. The molecule has 22 heavy (non-hydrogen) atoms. The Kier molecular flexibility index (Phi) is 3.86. The molecule has 4 heteroatoms. The number of aromatic nitrogens is 2. The zero-order chi connectivity index (χ0) is 15.7. The van der Waals surface area contributed by atoms with E-state index in [-0.39, 0.29) is 0 Å². The number of rotatable bonds is 4. The molecule has 0 aliphatic rings. The molecule has 0 fully saturated rings. The molecule has 0 saturated carbocycles. The van der Waals surface area contributed by atoms with E-state index in [9.17, 15) is 5.11 Å². The van der Waals surface area contributed by atoms with Crippen LogP contribution in [0.3, 0.4) is 0 Å². The number of aliphatic hydroxyl groups is 1. The maximum absolute atomic E-state index is 10.5. The molecular weight excluding hydrogens is 276 g/mol. The van der Waals surface area contributed by atoms with Gasteiger partial charge in [0.05, 0.1) is 24.6 Å². The Labute approximate surface area is 130 Å². The van der Waals surface area contributed by atoms with Crippen molar-refractivity contribution >= 4 is 5.65 Å². The van der Waals surface area contributed by atoms with Crippen LogP contribution in [0.5, 0.6) is 5.75 Å². The van der Waals surface area contributed by atoms with E-state index in [0.29, 0.717) is 6.42 Å². The van der Waals surface area contributed by atoms with Crippen molar-refractivity contribution in [3.8, 4) is 17.0 Å². The van der Waals surface area contributed by atoms with Gasteiger partial charge in [0, 0.05) is 11.3 Å². The first-order valence-electron chi connectivity index (χ1n) is 7.46. The number of hydrogen-bond donors (Lipinski definition) is 1. The Bertz CT molecular complexity index is 808. The van der Waals surface area contributed by atoms with Gasteiger partial charge in [0.15, 0.2) is 0 Å². The minimum absolute atomic E-state index is 0.573. The van der Waals surface area contributed by atoms with Gasteiger partial charge in [-0.3, -0.25) is 4.40 Å². The number of methoxy groups -OCH3 is 1. The van der Waals surface area contributed by atoms with Crippen LogP contribution in [0.15, 0.2) is 42.5 Å². The summed E-state index contributed by atoms with van der Waals surface area (Å²) in [6.45, 7) is 3.99. The number of para-hydroxylation sites is 1. The Morgan fingerprint density at radius 1 is 1.18 bits per heavy atom. The van der Waals surface area contributed by atoms with Crippen molar-refractivity contribution < 1.29 is 9.84 Å². The molecule has 0 aliphatic carbocycles. The molecule has 1 unspecified atom stereocenters. The molecule has 1 aromatic carbocycles. The van der Waals surface area contributed by atoms with Crippen LogP contribution in [0.2, 0.25) is 0 Å². The fourth-order valence-electron chi connectivity index (χ4n) is 2.82. The van der Waals surface area contributed by atoms with Crippen LogP contribution >= 0.6 is 0 Å². The summed E-state index contributed by atoms with van der Waals surface area (Å²) in [7, 11) is 1.65. The third kappa shape index (κ3) is 2.25. The first-order chi connectivity index (χ1) is 10.7. The molecule has 114 valence electrons. The van der Waals surface area contributed by atoms with Crippen LogP contribution < -0.4 is 4.74 Å². The van der Waals surface area contributed by atoms with Gasteiger partial charge >= 0.3 is 0 Å². The summed E-state index contributed by atoms with van der Waals surface area (Å²) in [5, 5.41) is 10.5. The number of imidazole rings is 1. The van der Waals surface area contributed by atoms with Crippen molar-refractivity contribution in [2.45, 2.75) is 26.4 Å². The van der Waals surface area contributed by atoms with Crippen LogP contribution in [0, 0.1) is 6.92 Å². The summed E-state index contributed by atoms with van der Waals surface area (Å²) in [5.41, 5.74) is 4.38. The molecule has 0 radical (unpaired) electrons. The molecule has 4 nitrogen and oxygen atoms in total. The Morgan fingerprint density at radius 2 is 1.95 bits per heavy atom. The molecule has 0 amide bonds. The summed E-state index contributed by atoms with van der Waals surface area (Å²) in [6, 6.07) is 13.7. The molecular formula is C18H20N2O2. The topological polar surface area (TPSA) is 46.8 Å². The average molecular weight is 296 g/mol. The van der Waals surface area contributed by atoms with Crippen molar-refractivity contribution in [1.82, 2.24) is 9.38 Å². The average Bonchev–Trinajstić information content (AvgIpc) is 2.94. The number of aryl methyl sites for hydroxylation is 1. The third-order valence-electron chi connectivity index (χ3n) is 3.94. The van der Waals surface area contributed by atoms with E-state index in [1.165, 1.54) is 0 Å². The van der Waals surface area contributed by atoms with E-state index in [1.807, 2.05) is 60.7 Å².